The van der Waals surface area contributed by atoms with Crippen LogP contribution in [0.1, 0.15) is 13.3 Å². The maximum absolute atomic E-state index is 9.14. The molecule has 1 heterocycles. The fraction of sp³-hybridized carbons (Fsp3) is 1.00. The minimum atomic E-state index is -1.47. The van der Waals surface area contributed by atoms with Gasteiger partial charge in [-0.15, -0.1) is 0 Å². The van der Waals surface area contributed by atoms with Gasteiger partial charge in [0.1, 0.15) is 0 Å². The van der Waals surface area contributed by atoms with E-state index in [1.165, 1.54) is 0 Å². The van der Waals surface area contributed by atoms with Crippen LogP contribution in [0.2, 0.25) is 0 Å². The lowest BCUT2D eigenvalue weighted by Crippen LogP contribution is -2.51. The first kappa shape index (κ1) is 6.99. The third-order valence-corrected chi connectivity index (χ3v) is 1.93. The Bertz CT molecular complexity index is 103. The molecule has 1 rings (SSSR count). The molecular weight excluding hydrogens is 118 g/mol. The molecule has 9 heavy (non-hydrogen) atoms. The van der Waals surface area contributed by atoms with Crippen LogP contribution in [0.4, 0.5) is 0 Å². The first-order valence-electron chi connectivity index (χ1n) is 3.28. The molecule has 3 heteroatoms. The van der Waals surface area contributed by atoms with E-state index >= 15 is 0 Å². The third kappa shape index (κ3) is 1.41. The molecule has 0 radical (unpaired) electrons. The second-order valence-electron chi connectivity index (χ2n) is 2.75. The van der Waals surface area contributed by atoms with E-state index in [-0.39, 0.29) is 5.92 Å². The smallest absolute Gasteiger partial charge is 0.178 e. The van der Waals surface area contributed by atoms with Gasteiger partial charge in [-0.05, 0) is 13.0 Å². The van der Waals surface area contributed by atoms with Crippen molar-refractivity contribution in [2.75, 3.05) is 13.1 Å². The van der Waals surface area contributed by atoms with Crippen LogP contribution in [0.25, 0.3) is 0 Å². The van der Waals surface area contributed by atoms with Gasteiger partial charge in [-0.1, -0.05) is 6.92 Å². The molecule has 1 saturated heterocycles. The lowest BCUT2D eigenvalue weighted by molar-refractivity contribution is -0.202. The summed E-state index contributed by atoms with van der Waals surface area (Å²) in [5.41, 5.74) is 0. The van der Waals surface area contributed by atoms with Crippen molar-refractivity contribution in [2.45, 2.75) is 19.1 Å². The fourth-order valence-corrected chi connectivity index (χ4v) is 0.996. The molecule has 1 fully saturated rings. The zero-order valence-electron chi connectivity index (χ0n) is 5.59. The molecule has 0 bridgehead atoms. The molecule has 0 aromatic heterocycles. The van der Waals surface area contributed by atoms with Gasteiger partial charge in [-0.25, -0.2) is 0 Å². The van der Waals surface area contributed by atoms with E-state index in [1.807, 2.05) is 6.92 Å². The summed E-state index contributed by atoms with van der Waals surface area (Å²) in [6.45, 7) is 3.04. The number of aliphatic hydroxyl groups is 2. The van der Waals surface area contributed by atoms with E-state index in [0.717, 1.165) is 13.0 Å². The summed E-state index contributed by atoms with van der Waals surface area (Å²) < 4.78 is 0. The molecule has 0 aromatic rings. The van der Waals surface area contributed by atoms with Crippen molar-refractivity contribution < 1.29 is 10.2 Å². The lowest BCUT2D eigenvalue weighted by Gasteiger charge is -2.33. The number of piperidine rings is 1. The highest BCUT2D eigenvalue weighted by Crippen LogP contribution is 2.19. The van der Waals surface area contributed by atoms with Gasteiger partial charge in [0.2, 0.25) is 0 Å². The molecule has 1 aliphatic rings. The first-order valence-corrected chi connectivity index (χ1v) is 3.28. The molecule has 0 saturated carbocycles. The van der Waals surface area contributed by atoms with Crippen molar-refractivity contribution in [1.29, 1.82) is 0 Å². The molecule has 0 aromatic carbocycles. The molecule has 3 nitrogen and oxygen atoms in total. The highest BCUT2D eigenvalue weighted by Gasteiger charge is 2.32. The Morgan fingerprint density at radius 3 is 2.56 bits per heavy atom. The molecule has 0 aliphatic carbocycles. The van der Waals surface area contributed by atoms with Gasteiger partial charge >= 0.3 is 0 Å². The predicted molar refractivity (Wildman–Crippen MR) is 33.8 cm³/mol. The van der Waals surface area contributed by atoms with E-state index in [2.05, 4.69) is 5.32 Å². The van der Waals surface area contributed by atoms with E-state index in [1.54, 1.807) is 0 Å². The van der Waals surface area contributed by atoms with Gasteiger partial charge in [0.15, 0.2) is 5.79 Å². The molecule has 1 atom stereocenters. The van der Waals surface area contributed by atoms with Crippen molar-refractivity contribution in [2.24, 2.45) is 5.92 Å². The van der Waals surface area contributed by atoms with Gasteiger partial charge in [-0.3, -0.25) is 0 Å². The number of hydrogen-bond acceptors (Lipinski definition) is 3. The Morgan fingerprint density at radius 1 is 1.56 bits per heavy atom. The van der Waals surface area contributed by atoms with E-state index < -0.39 is 5.79 Å². The van der Waals surface area contributed by atoms with E-state index in [0.29, 0.717) is 6.54 Å². The summed E-state index contributed by atoms with van der Waals surface area (Å²) in [6.07, 6.45) is 0.840. The maximum atomic E-state index is 9.14. The normalized spacial score (nSPS) is 34.3. The van der Waals surface area contributed by atoms with Gasteiger partial charge in [-0.2, -0.15) is 0 Å². The highest BCUT2D eigenvalue weighted by atomic mass is 16.5. The van der Waals surface area contributed by atoms with Crippen molar-refractivity contribution in [3.63, 3.8) is 0 Å². The Morgan fingerprint density at radius 2 is 2.22 bits per heavy atom. The van der Waals surface area contributed by atoms with Crippen LogP contribution in [0.5, 0.6) is 0 Å². The first-order chi connectivity index (χ1) is 4.13. The minimum absolute atomic E-state index is 0.00116. The molecule has 3 N–H and O–H groups in total. The summed E-state index contributed by atoms with van der Waals surface area (Å²) >= 11 is 0. The van der Waals surface area contributed by atoms with Crippen LogP contribution in [-0.2, 0) is 0 Å². The third-order valence-electron chi connectivity index (χ3n) is 1.93. The van der Waals surface area contributed by atoms with Crippen LogP contribution in [0.3, 0.4) is 0 Å². The molecule has 0 spiro atoms. The summed E-state index contributed by atoms with van der Waals surface area (Å²) in [5, 5.41) is 21.2. The van der Waals surface area contributed by atoms with Crippen molar-refractivity contribution in [3.05, 3.63) is 0 Å². The summed E-state index contributed by atoms with van der Waals surface area (Å²) in [6, 6.07) is 0. The summed E-state index contributed by atoms with van der Waals surface area (Å²) in [4.78, 5) is 0. The lowest BCUT2D eigenvalue weighted by atomic mass is 9.94. The Labute approximate surface area is 54.7 Å². The number of rotatable bonds is 0. The zero-order chi connectivity index (χ0) is 6.91. The van der Waals surface area contributed by atoms with Crippen molar-refractivity contribution in [1.82, 2.24) is 5.32 Å². The van der Waals surface area contributed by atoms with E-state index in [4.69, 9.17) is 10.2 Å². The monoisotopic (exact) mass is 131 g/mol. The van der Waals surface area contributed by atoms with E-state index in [9.17, 15) is 0 Å². The van der Waals surface area contributed by atoms with Crippen LogP contribution in [-0.4, -0.2) is 29.1 Å². The maximum Gasteiger partial charge on any atom is 0.178 e. The topological polar surface area (TPSA) is 52.5 Å². The number of nitrogens with one attached hydrogen (secondary N) is 1. The molecule has 1 unspecified atom stereocenters. The average Bonchev–Trinajstić information content (AvgIpc) is 1.77. The fourth-order valence-electron chi connectivity index (χ4n) is 0.996. The summed E-state index contributed by atoms with van der Waals surface area (Å²) in [7, 11) is 0. The van der Waals surface area contributed by atoms with Crippen LogP contribution >= 0.6 is 0 Å². The highest BCUT2D eigenvalue weighted by molar-refractivity contribution is 4.79. The second-order valence-corrected chi connectivity index (χ2v) is 2.75. The molecular formula is C6H13NO2. The van der Waals surface area contributed by atoms with Gasteiger partial charge < -0.3 is 15.5 Å². The average molecular weight is 131 g/mol. The van der Waals surface area contributed by atoms with Gasteiger partial charge in [0, 0.05) is 12.5 Å². The van der Waals surface area contributed by atoms with Crippen molar-refractivity contribution in [3.8, 4) is 0 Å². The zero-order valence-corrected chi connectivity index (χ0v) is 5.59. The molecule has 54 valence electrons. The SMILES string of the molecule is CC1CCNCC1(O)O. The van der Waals surface area contributed by atoms with Crippen molar-refractivity contribution >= 4 is 0 Å². The van der Waals surface area contributed by atoms with Gasteiger partial charge in [0.25, 0.3) is 0 Å². The van der Waals surface area contributed by atoms with Gasteiger partial charge in [0.05, 0.1) is 0 Å². The molecule has 0 amide bonds. The molecule has 1 aliphatic heterocycles. The van der Waals surface area contributed by atoms with Crippen LogP contribution in [0.15, 0.2) is 0 Å². The second kappa shape index (κ2) is 2.25. The minimum Gasteiger partial charge on any atom is -0.364 e. The standard InChI is InChI=1S/C6H13NO2/c1-5-2-3-7-4-6(5,8)9/h5,7-9H,2-4H2,1H3. The largest absolute Gasteiger partial charge is 0.364 e. The van der Waals surface area contributed by atoms with Crippen LogP contribution < -0.4 is 5.32 Å². The summed E-state index contributed by atoms with van der Waals surface area (Å²) in [5.74, 6) is -1.48. The quantitative estimate of drug-likeness (QED) is 0.381. The Hall–Kier alpha value is -0.120. The Kier molecular flexibility index (Phi) is 1.75. The number of hydrogen-bond donors (Lipinski definition) is 3. The Balaban J connectivity index is 2.49. The van der Waals surface area contributed by atoms with Crippen LogP contribution in [0, 0.1) is 5.92 Å². The predicted octanol–water partition coefficient (Wildman–Crippen LogP) is -0.703. The number of β-amino-alcohol motifs (C(OH)–C–C–N with tert-alkyl or cyclic N) is 2.